The fourth-order valence-electron chi connectivity index (χ4n) is 1.82. The van der Waals surface area contributed by atoms with Crippen LogP contribution in [0.15, 0.2) is 24.8 Å². The average molecular weight is 219 g/mol. The third kappa shape index (κ3) is 3.38. The van der Waals surface area contributed by atoms with Gasteiger partial charge in [-0.05, 0) is 49.9 Å². The van der Waals surface area contributed by atoms with Crippen LogP contribution in [0.1, 0.15) is 23.1 Å². The molecular formula is C14H21NO. The van der Waals surface area contributed by atoms with Gasteiger partial charge in [0, 0.05) is 0 Å². The molecule has 0 saturated heterocycles. The van der Waals surface area contributed by atoms with Crippen molar-refractivity contribution < 1.29 is 4.74 Å². The number of rotatable bonds is 6. The summed E-state index contributed by atoms with van der Waals surface area (Å²) in [5, 5.41) is 0. The zero-order valence-corrected chi connectivity index (χ0v) is 10.3. The predicted molar refractivity (Wildman–Crippen MR) is 69.0 cm³/mol. The van der Waals surface area contributed by atoms with Crippen LogP contribution < -0.4 is 10.5 Å². The lowest BCUT2D eigenvalue weighted by atomic mass is 10.0. The highest BCUT2D eigenvalue weighted by Gasteiger charge is 2.05. The molecule has 0 atom stereocenters. The van der Waals surface area contributed by atoms with Crippen LogP contribution in [-0.4, -0.2) is 13.2 Å². The van der Waals surface area contributed by atoms with Gasteiger partial charge in [0.15, 0.2) is 0 Å². The van der Waals surface area contributed by atoms with Crippen molar-refractivity contribution in [3.8, 4) is 5.75 Å². The van der Waals surface area contributed by atoms with Gasteiger partial charge in [-0.15, -0.1) is 6.58 Å². The van der Waals surface area contributed by atoms with E-state index in [0.29, 0.717) is 13.2 Å². The molecule has 0 saturated carbocycles. The van der Waals surface area contributed by atoms with Gasteiger partial charge < -0.3 is 10.5 Å². The van der Waals surface area contributed by atoms with E-state index in [1.807, 2.05) is 6.08 Å². The van der Waals surface area contributed by atoms with Gasteiger partial charge in [-0.1, -0.05) is 18.2 Å². The van der Waals surface area contributed by atoms with Gasteiger partial charge in [0.2, 0.25) is 0 Å². The largest absolute Gasteiger partial charge is 0.493 e. The normalized spacial score (nSPS) is 10.2. The van der Waals surface area contributed by atoms with Crippen molar-refractivity contribution in [1.82, 2.24) is 0 Å². The van der Waals surface area contributed by atoms with Crippen LogP contribution >= 0.6 is 0 Å². The number of ether oxygens (including phenoxy) is 1. The minimum absolute atomic E-state index is 0.690. The second-order valence-corrected chi connectivity index (χ2v) is 4.02. The first-order chi connectivity index (χ1) is 7.69. The molecule has 0 fully saturated rings. The lowest BCUT2D eigenvalue weighted by molar-refractivity contribution is 0.320. The Morgan fingerprint density at radius 1 is 1.31 bits per heavy atom. The summed E-state index contributed by atoms with van der Waals surface area (Å²) < 4.78 is 5.74. The van der Waals surface area contributed by atoms with Crippen LogP contribution in [0.5, 0.6) is 5.75 Å². The molecule has 1 aromatic rings. The molecule has 2 N–H and O–H groups in total. The second kappa shape index (κ2) is 6.33. The van der Waals surface area contributed by atoms with Gasteiger partial charge in [0.25, 0.3) is 0 Å². The molecule has 0 spiro atoms. The fourth-order valence-corrected chi connectivity index (χ4v) is 1.82. The summed E-state index contributed by atoms with van der Waals surface area (Å²) in [6, 6.07) is 4.31. The number of nitrogens with two attached hydrogens (primary N) is 1. The van der Waals surface area contributed by atoms with E-state index in [-0.39, 0.29) is 0 Å². The quantitative estimate of drug-likeness (QED) is 0.590. The lowest BCUT2D eigenvalue weighted by Crippen LogP contribution is -2.05. The van der Waals surface area contributed by atoms with E-state index in [1.165, 1.54) is 16.7 Å². The average Bonchev–Trinajstić information content (AvgIpc) is 2.23. The minimum Gasteiger partial charge on any atom is -0.493 e. The molecule has 0 amide bonds. The molecule has 0 aromatic heterocycles. The van der Waals surface area contributed by atoms with Gasteiger partial charge in [0.1, 0.15) is 5.75 Å². The summed E-state index contributed by atoms with van der Waals surface area (Å²) in [6.07, 6.45) is 3.67. The summed E-state index contributed by atoms with van der Waals surface area (Å²) >= 11 is 0. The SMILES string of the molecule is C=CCCOc1c(C)cc(CCN)cc1C. The Bertz CT molecular complexity index is 335. The van der Waals surface area contributed by atoms with Crippen LogP contribution in [0.25, 0.3) is 0 Å². The summed E-state index contributed by atoms with van der Waals surface area (Å²) in [5.41, 5.74) is 9.22. The number of hydrogen-bond acceptors (Lipinski definition) is 2. The molecule has 0 aliphatic rings. The van der Waals surface area contributed by atoms with Gasteiger partial charge in [0.05, 0.1) is 6.61 Å². The van der Waals surface area contributed by atoms with Crippen molar-refractivity contribution in [2.24, 2.45) is 5.73 Å². The summed E-state index contributed by atoms with van der Waals surface area (Å²) in [5.74, 6) is 1.00. The standard InChI is InChI=1S/C14H21NO/c1-4-5-8-16-14-11(2)9-13(6-7-15)10-12(14)3/h4,9-10H,1,5-8,15H2,2-3H3. The molecule has 16 heavy (non-hydrogen) atoms. The maximum Gasteiger partial charge on any atom is 0.125 e. The van der Waals surface area contributed by atoms with E-state index >= 15 is 0 Å². The summed E-state index contributed by atoms with van der Waals surface area (Å²) in [6.45, 7) is 9.23. The van der Waals surface area contributed by atoms with Gasteiger partial charge in [-0.2, -0.15) is 0 Å². The maximum atomic E-state index is 5.74. The zero-order valence-electron chi connectivity index (χ0n) is 10.3. The second-order valence-electron chi connectivity index (χ2n) is 4.02. The monoisotopic (exact) mass is 219 g/mol. The van der Waals surface area contributed by atoms with Gasteiger partial charge in [-0.3, -0.25) is 0 Å². The first-order valence-corrected chi connectivity index (χ1v) is 5.73. The smallest absolute Gasteiger partial charge is 0.125 e. The van der Waals surface area contributed by atoms with Crippen LogP contribution in [0.4, 0.5) is 0 Å². The highest BCUT2D eigenvalue weighted by atomic mass is 16.5. The molecule has 0 radical (unpaired) electrons. The Balaban J connectivity index is 2.80. The van der Waals surface area contributed by atoms with Crippen LogP contribution in [0.2, 0.25) is 0 Å². The van der Waals surface area contributed by atoms with Crippen LogP contribution in [0, 0.1) is 13.8 Å². The molecule has 2 nitrogen and oxygen atoms in total. The van der Waals surface area contributed by atoms with Crippen molar-refractivity contribution in [2.75, 3.05) is 13.2 Å². The molecule has 0 heterocycles. The lowest BCUT2D eigenvalue weighted by Gasteiger charge is -2.13. The van der Waals surface area contributed by atoms with Crippen molar-refractivity contribution >= 4 is 0 Å². The van der Waals surface area contributed by atoms with Crippen molar-refractivity contribution in [1.29, 1.82) is 0 Å². The third-order valence-electron chi connectivity index (χ3n) is 2.52. The van der Waals surface area contributed by atoms with E-state index in [0.717, 1.165) is 18.6 Å². The Hall–Kier alpha value is -1.28. The topological polar surface area (TPSA) is 35.2 Å². The molecule has 2 heteroatoms. The molecule has 1 rings (SSSR count). The third-order valence-corrected chi connectivity index (χ3v) is 2.52. The van der Waals surface area contributed by atoms with E-state index < -0.39 is 0 Å². The Morgan fingerprint density at radius 2 is 1.94 bits per heavy atom. The zero-order chi connectivity index (χ0) is 12.0. The summed E-state index contributed by atoms with van der Waals surface area (Å²) in [4.78, 5) is 0. The Labute approximate surface area is 98.1 Å². The maximum absolute atomic E-state index is 5.74. The molecule has 88 valence electrons. The number of benzene rings is 1. The molecule has 0 bridgehead atoms. The van der Waals surface area contributed by atoms with E-state index in [2.05, 4.69) is 32.6 Å². The highest BCUT2D eigenvalue weighted by Crippen LogP contribution is 2.25. The Morgan fingerprint density at radius 3 is 2.44 bits per heavy atom. The van der Waals surface area contributed by atoms with Crippen LogP contribution in [-0.2, 0) is 6.42 Å². The van der Waals surface area contributed by atoms with Crippen molar-refractivity contribution in [3.63, 3.8) is 0 Å². The minimum atomic E-state index is 0.690. The van der Waals surface area contributed by atoms with Crippen molar-refractivity contribution in [3.05, 3.63) is 41.5 Å². The number of aryl methyl sites for hydroxylation is 2. The first-order valence-electron chi connectivity index (χ1n) is 5.73. The first kappa shape index (κ1) is 12.8. The van der Waals surface area contributed by atoms with Crippen LogP contribution in [0.3, 0.4) is 0 Å². The van der Waals surface area contributed by atoms with Gasteiger partial charge >= 0.3 is 0 Å². The summed E-state index contributed by atoms with van der Waals surface area (Å²) in [7, 11) is 0. The Kier molecular flexibility index (Phi) is 5.06. The number of hydrogen-bond donors (Lipinski definition) is 1. The van der Waals surface area contributed by atoms with Crippen molar-refractivity contribution in [2.45, 2.75) is 26.7 Å². The highest BCUT2D eigenvalue weighted by molar-refractivity contribution is 5.43. The molecular weight excluding hydrogens is 198 g/mol. The van der Waals surface area contributed by atoms with Gasteiger partial charge in [-0.25, -0.2) is 0 Å². The molecule has 0 aliphatic carbocycles. The molecule has 0 unspecified atom stereocenters. The molecule has 0 aliphatic heterocycles. The van der Waals surface area contributed by atoms with E-state index in [4.69, 9.17) is 10.5 Å². The van der Waals surface area contributed by atoms with E-state index in [9.17, 15) is 0 Å². The molecule has 1 aromatic carbocycles. The predicted octanol–water partition coefficient (Wildman–Crippen LogP) is 2.76. The van der Waals surface area contributed by atoms with E-state index in [1.54, 1.807) is 0 Å². The fraction of sp³-hybridized carbons (Fsp3) is 0.429.